The number of nitrogens with zero attached hydrogens (tertiary/aromatic N) is 3. The number of ether oxygens (including phenoxy) is 1. The van der Waals surface area contributed by atoms with Crippen LogP contribution in [0, 0.1) is 0 Å². The minimum Gasteiger partial charge on any atom is -0.379 e. The molecule has 134 valence electrons. The molecular weight excluding hydrogens is 332 g/mol. The smallest absolute Gasteiger partial charge is 0.242 e. The van der Waals surface area contributed by atoms with Gasteiger partial charge in [-0.2, -0.15) is 0 Å². The largest absolute Gasteiger partial charge is 0.379 e. The first kappa shape index (κ1) is 18.8. The minimum atomic E-state index is -3.25. The molecule has 0 bridgehead atoms. The summed E-state index contributed by atoms with van der Waals surface area (Å²) in [6.45, 7) is 2.98. The molecule has 2 rings (SSSR count). The van der Waals surface area contributed by atoms with Crippen molar-refractivity contribution < 1.29 is 17.9 Å². The van der Waals surface area contributed by atoms with Gasteiger partial charge in [-0.1, -0.05) is 6.07 Å². The van der Waals surface area contributed by atoms with Gasteiger partial charge in [0.2, 0.25) is 15.9 Å². The van der Waals surface area contributed by atoms with Gasteiger partial charge in [-0.25, -0.2) is 12.7 Å². The lowest BCUT2D eigenvalue weighted by atomic mass is 10.1. The number of carbonyl (C=O) groups is 1. The Kier molecular flexibility index (Phi) is 6.67. The first-order chi connectivity index (χ1) is 11.4. The van der Waals surface area contributed by atoms with Gasteiger partial charge >= 0.3 is 0 Å². The average Bonchev–Trinajstić information content (AvgIpc) is 2.56. The summed E-state index contributed by atoms with van der Waals surface area (Å²) in [5.41, 5.74) is 0.813. The van der Waals surface area contributed by atoms with Gasteiger partial charge in [0.1, 0.15) is 6.04 Å². The van der Waals surface area contributed by atoms with E-state index in [1.165, 1.54) is 11.4 Å². The number of sulfonamides is 1. The average molecular weight is 356 g/mol. The van der Waals surface area contributed by atoms with Crippen molar-refractivity contribution in [2.45, 2.75) is 6.04 Å². The summed E-state index contributed by atoms with van der Waals surface area (Å²) in [5, 5.41) is 2.83. The molecular formula is C15H24N4O4S. The maximum atomic E-state index is 12.7. The summed E-state index contributed by atoms with van der Waals surface area (Å²) >= 11 is 0. The van der Waals surface area contributed by atoms with Crippen LogP contribution in [0.4, 0.5) is 0 Å². The maximum absolute atomic E-state index is 12.7. The Hall–Kier alpha value is -1.55. The maximum Gasteiger partial charge on any atom is 0.242 e. The first-order valence-corrected chi connectivity index (χ1v) is 9.65. The number of nitrogens with one attached hydrogen (secondary N) is 1. The fraction of sp³-hybridized carbons (Fsp3) is 0.600. The summed E-state index contributed by atoms with van der Waals surface area (Å²) < 4.78 is 29.3. The summed E-state index contributed by atoms with van der Waals surface area (Å²) in [7, 11) is -1.76. The molecule has 1 aliphatic rings. The highest BCUT2D eigenvalue weighted by atomic mass is 32.2. The van der Waals surface area contributed by atoms with Crippen LogP contribution in [0.15, 0.2) is 24.5 Å². The van der Waals surface area contributed by atoms with E-state index in [2.05, 4.69) is 15.2 Å². The van der Waals surface area contributed by atoms with Crippen LogP contribution in [0.3, 0.4) is 0 Å². The Labute approximate surface area is 142 Å². The predicted molar refractivity (Wildman–Crippen MR) is 89.9 cm³/mol. The monoisotopic (exact) mass is 356 g/mol. The van der Waals surface area contributed by atoms with E-state index in [9.17, 15) is 13.2 Å². The third-order valence-electron chi connectivity index (χ3n) is 3.95. The van der Waals surface area contributed by atoms with Crippen molar-refractivity contribution >= 4 is 15.9 Å². The Bertz CT molecular complexity index is 632. The molecule has 1 atom stereocenters. The van der Waals surface area contributed by atoms with E-state index in [1.807, 2.05) is 6.07 Å². The quantitative estimate of drug-likeness (QED) is 0.706. The normalized spacial score (nSPS) is 17.6. The van der Waals surface area contributed by atoms with Crippen LogP contribution in [0.1, 0.15) is 11.6 Å². The zero-order chi connectivity index (χ0) is 17.6. The van der Waals surface area contributed by atoms with Crippen molar-refractivity contribution in [2.75, 3.05) is 52.7 Å². The molecule has 2 heterocycles. The highest BCUT2D eigenvalue weighted by Crippen LogP contribution is 2.21. The van der Waals surface area contributed by atoms with Crippen LogP contribution >= 0.6 is 0 Å². The highest BCUT2D eigenvalue weighted by Gasteiger charge is 2.29. The Morgan fingerprint density at radius 1 is 1.46 bits per heavy atom. The van der Waals surface area contributed by atoms with Crippen LogP contribution in [-0.4, -0.2) is 81.2 Å². The summed E-state index contributed by atoms with van der Waals surface area (Å²) in [6.07, 6.45) is 4.49. The lowest BCUT2D eigenvalue weighted by molar-refractivity contribution is -0.128. The van der Waals surface area contributed by atoms with Crippen molar-refractivity contribution in [1.29, 1.82) is 0 Å². The second kappa shape index (κ2) is 8.52. The molecule has 0 radical (unpaired) electrons. The number of carbonyl (C=O) groups excluding carboxylic acids is 1. The summed E-state index contributed by atoms with van der Waals surface area (Å²) in [4.78, 5) is 18.8. The zero-order valence-corrected chi connectivity index (χ0v) is 14.8. The molecule has 1 amide bonds. The number of pyridine rings is 1. The molecule has 8 nitrogen and oxygen atoms in total. The Morgan fingerprint density at radius 3 is 2.75 bits per heavy atom. The van der Waals surface area contributed by atoms with E-state index in [1.54, 1.807) is 18.5 Å². The number of likely N-dealkylation sites (N-methyl/N-ethyl adjacent to an activating group) is 1. The molecule has 1 aromatic rings. The van der Waals surface area contributed by atoms with Crippen LogP contribution < -0.4 is 5.32 Å². The number of morpholine rings is 1. The fourth-order valence-corrected chi connectivity index (χ4v) is 2.92. The van der Waals surface area contributed by atoms with E-state index >= 15 is 0 Å². The molecule has 24 heavy (non-hydrogen) atoms. The fourth-order valence-electron chi connectivity index (χ4n) is 2.50. The molecule has 9 heteroatoms. The van der Waals surface area contributed by atoms with Gasteiger partial charge in [0, 0.05) is 45.6 Å². The van der Waals surface area contributed by atoms with Gasteiger partial charge < -0.3 is 10.1 Å². The Morgan fingerprint density at radius 2 is 2.17 bits per heavy atom. The van der Waals surface area contributed by atoms with Gasteiger partial charge in [0.05, 0.1) is 19.5 Å². The molecule has 1 N–H and O–H groups in total. The van der Waals surface area contributed by atoms with Crippen molar-refractivity contribution in [2.24, 2.45) is 0 Å². The molecule has 0 saturated carbocycles. The third-order valence-corrected chi connectivity index (χ3v) is 5.27. The SMILES string of the molecule is CN(CCNC(=O)[C@H](c1cccnc1)N1CCOCC1)S(C)(=O)=O. The van der Waals surface area contributed by atoms with Crippen molar-refractivity contribution in [1.82, 2.24) is 19.5 Å². The predicted octanol–water partition coefficient (Wildman–Crippen LogP) is -0.537. The van der Waals surface area contributed by atoms with Gasteiger partial charge in [0.15, 0.2) is 0 Å². The number of aromatic nitrogens is 1. The van der Waals surface area contributed by atoms with Crippen LogP contribution in [-0.2, 0) is 19.6 Å². The number of hydrogen-bond donors (Lipinski definition) is 1. The standard InChI is InChI=1S/C15H24N4O4S/c1-18(24(2,21)22)7-6-17-15(20)14(13-4-3-5-16-12-13)19-8-10-23-11-9-19/h3-5,12,14H,6-11H2,1-2H3,(H,17,20)/t14-/m0/s1. The molecule has 1 saturated heterocycles. The van der Waals surface area contributed by atoms with Crippen LogP contribution in [0.25, 0.3) is 0 Å². The molecule has 0 aromatic carbocycles. The number of rotatable bonds is 7. The molecule has 0 unspecified atom stereocenters. The van der Waals surface area contributed by atoms with E-state index in [0.717, 1.165) is 11.8 Å². The van der Waals surface area contributed by atoms with Crippen molar-refractivity contribution in [3.63, 3.8) is 0 Å². The molecule has 1 aromatic heterocycles. The molecule has 1 aliphatic heterocycles. The zero-order valence-electron chi connectivity index (χ0n) is 14.0. The van der Waals surface area contributed by atoms with Crippen molar-refractivity contribution in [3.8, 4) is 0 Å². The van der Waals surface area contributed by atoms with E-state index in [-0.39, 0.29) is 19.0 Å². The molecule has 0 spiro atoms. The number of hydrogen-bond acceptors (Lipinski definition) is 6. The van der Waals surface area contributed by atoms with Crippen LogP contribution in [0.2, 0.25) is 0 Å². The van der Waals surface area contributed by atoms with Crippen molar-refractivity contribution in [3.05, 3.63) is 30.1 Å². The number of amides is 1. The summed E-state index contributed by atoms with van der Waals surface area (Å²) in [5.74, 6) is -0.160. The van der Waals surface area contributed by atoms with Gasteiger partial charge in [-0.05, 0) is 11.6 Å². The van der Waals surface area contributed by atoms with E-state index in [0.29, 0.717) is 26.3 Å². The third kappa shape index (κ3) is 5.23. The van der Waals surface area contributed by atoms with E-state index in [4.69, 9.17) is 4.74 Å². The summed E-state index contributed by atoms with van der Waals surface area (Å²) in [6, 6.07) is 3.22. The second-order valence-corrected chi connectivity index (χ2v) is 7.80. The van der Waals surface area contributed by atoms with Crippen LogP contribution in [0.5, 0.6) is 0 Å². The van der Waals surface area contributed by atoms with Gasteiger partial charge in [-0.15, -0.1) is 0 Å². The lowest BCUT2D eigenvalue weighted by Crippen LogP contribution is -2.47. The van der Waals surface area contributed by atoms with Gasteiger partial charge in [-0.3, -0.25) is 14.7 Å². The lowest BCUT2D eigenvalue weighted by Gasteiger charge is -2.33. The Balaban J connectivity index is 2.02. The highest BCUT2D eigenvalue weighted by molar-refractivity contribution is 7.88. The topological polar surface area (TPSA) is 91.8 Å². The second-order valence-electron chi connectivity index (χ2n) is 5.71. The van der Waals surface area contributed by atoms with E-state index < -0.39 is 16.1 Å². The van der Waals surface area contributed by atoms with Gasteiger partial charge in [0.25, 0.3) is 0 Å². The first-order valence-electron chi connectivity index (χ1n) is 7.80. The minimum absolute atomic E-state index is 0.160. The molecule has 1 fully saturated rings. The molecule has 0 aliphatic carbocycles.